The maximum absolute atomic E-state index is 13.0. The summed E-state index contributed by atoms with van der Waals surface area (Å²) < 4.78 is 23.7. The van der Waals surface area contributed by atoms with Gasteiger partial charge in [0.2, 0.25) is 5.91 Å². The second-order valence-corrected chi connectivity index (χ2v) is 24.9. The number of quaternary nitrogens is 1. The van der Waals surface area contributed by atoms with Gasteiger partial charge >= 0.3 is 7.82 Å². The molecular weight excluding hydrogens is 996 g/mol. The van der Waals surface area contributed by atoms with Crippen molar-refractivity contribution >= 4 is 13.7 Å². The monoisotopic (exact) mass is 1120 g/mol. The van der Waals surface area contributed by atoms with Gasteiger partial charge in [0, 0.05) is 6.42 Å². The van der Waals surface area contributed by atoms with Crippen molar-refractivity contribution < 1.29 is 32.9 Å². The topological polar surface area (TPSA) is 105 Å². The molecule has 0 bridgehead atoms. The van der Waals surface area contributed by atoms with E-state index in [0.29, 0.717) is 17.4 Å². The van der Waals surface area contributed by atoms with Crippen LogP contribution in [0.3, 0.4) is 0 Å². The quantitative estimate of drug-likeness (QED) is 0.0243. The molecule has 0 fully saturated rings. The van der Waals surface area contributed by atoms with Gasteiger partial charge in [-0.1, -0.05) is 291 Å². The SMILES string of the molecule is CC/C=C\C/C=C\C/C=C\C/C=C\C/C=C\CCCCCCCCCCCCCCCCCCCCCCCCCC(=O)NC(COP(=O)(O)OCC[N+](C)(C)C)C(O)/C=C/CC/C=C/CC/C=C/CCCCCCCCCC. The predicted octanol–water partition coefficient (Wildman–Crippen LogP) is 20.9. The zero-order valence-corrected chi connectivity index (χ0v) is 53.2. The lowest BCUT2D eigenvalue weighted by molar-refractivity contribution is -0.870. The van der Waals surface area contributed by atoms with Gasteiger partial charge < -0.3 is 19.8 Å². The minimum absolute atomic E-state index is 0.0521. The van der Waals surface area contributed by atoms with Crippen molar-refractivity contribution in [1.29, 1.82) is 0 Å². The normalized spacial score (nSPS) is 14.4. The first kappa shape index (κ1) is 76.4. The van der Waals surface area contributed by atoms with Crippen LogP contribution >= 0.6 is 7.82 Å². The third kappa shape index (κ3) is 62.9. The van der Waals surface area contributed by atoms with Gasteiger partial charge in [-0.25, -0.2) is 4.57 Å². The molecule has 0 aromatic heterocycles. The summed E-state index contributed by atoms with van der Waals surface area (Å²) in [6, 6.07) is -0.873. The first-order valence-corrected chi connectivity index (χ1v) is 34.6. The first-order valence-electron chi connectivity index (χ1n) is 33.1. The molecule has 3 N–H and O–H groups in total. The molecule has 0 aliphatic carbocycles. The van der Waals surface area contributed by atoms with Crippen molar-refractivity contribution in [1.82, 2.24) is 5.32 Å². The third-order valence-electron chi connectivity index (χ3n) is 14.5. The van der Waals surface area contributed by atoms with Crippen LogP contribution in [0, 0.1) is 0 Å². The number of aliphatic hydroxyl groups excluding tert-OH is 1. The first-order chi connectivity index (χ1) is 38.5. The molecule has 0 aliphatic rings. The maximum atomic E-state index is 13.0. The molecule has 0 saturated carbocycles. The van der Waals surface area contributed by atoms with E-state index in [1.165, 1.54) is 193 Å². The number of nitrogens with one attached hydrogen (secondary N) is 1. The highest BCUT2D eigenvalue weighted by Gasteiger charge is 2.27. The van der Waals surface area contributed by atoms with Crippen LogP contribution in [-0.2, 0) is 18.4 Å². The van der Waals surface area contributed by atoms with Crippen molar-refractivity contribution in [3.8, 4) is 0 Å². The molecule has 0 heterocycles. The Balaban J connectivity index is 4.00. The second-order valence-electron chi connectivity index (χ2n) is 23.4. The van der Waals surface area contributed by atoms with E-state index in [1.807, 2.05) is 27.2 Å². The highest BCUT2D eigenvalue weighted by atomic mass is 31.2. The summed E-state index contributed by atoms with van der Waals surface area (Å²) in [6.45, 7) is 4.68. The van der Waals surface area contributed by atoms with Gasteiger partial charge in [-0.15, -0.1) is 0 Å². The largest absolute Gasteiger partial charge is 0.472 e. The van der Waals surface area contributed by atoms with Crippen LogP contribution in [0.2, 0.25) is 0 Å². The molecule has 0 saturated heterocycles. The number of hydrogen-bond donors (Lipinski definition) is 3. The van der Waals surface area contributed by atoms with Gasteiger partial charge in [0.1, 0.15) is 13.2 Å². The van der Waals surface area contributed by atoms with E-state index in [-0.39, 0.29) is 19.1 Å². The van der Waals surface area contributed by atoms with Crippen LogP contribution in [0.15, 0.2) is 97.2 Å². The van der Waals surface area contributed by atoms with Gasteiger partial charge in [0.05, 0.1) is 39.9 Å². The number of hydrogen-bond acceptors (Lipinski definition) is 5. The van der Waals surface area contributed by atoms with Crippen LogP contribution in [0.5, 0.6) is 0 Å². The zero-order chi connectivity index (χ0) is 57.7. The number of likely N-dealkylation sites (N-methyl/N-ethyl adjacent to an activating group) is 1. The smallest absolute Gasteiger partial charge is 0.387 e. The molecular formula is C70H128N2O6P+. The summed E-state index contributed by atoms with van der Waals surface area (Å²) in [6.07, 6.45) is 87.0. The number of rotatable bonds is 60. The van der Waals surface area contributed by atoms with E-state index < -0.39 is 20.0 Å². The van der Waals surface area contributed by atoms with E-state index in [9.17, 15) is 19.4 Å². The highest BCUT2D eigenvalue weighted by Crippen LogP contribution is 2.43. The predicted molar refractivity (Wildman–Crippen MR) is 346 cm³/mol. The fraction of sp³-hybridized carbons (Fsp3) is 0.757. The molecule has 0 aliphatic heterocycles. The second kappa shape index (κ2) is 60.0. The molecule has 79 heavy (non-hydrogen) atoms. The Bertz CT molecular complexity index is 1610. The Morgan fingerprint density at radius 1 is 0.443 bits per heavy atom. The molecule has 1 amide bonds. The number of unbranched alkanes of at least 4 members (excludes halogenated alkanes) is 33. The summed E-state index contributed by atoms with van der Waals surface area (Å²) >= 11 is 0. The molecule has 0 rings (SSSR count). The van der Waals surface area contributed by atoms with E-state index in [2.05, 4.69) is 104 Å². The summed E-state index contributed by atoms with van der Waals surface area (Å²) in [7, 11) is 1.55. The Labute approximate surface area is 489 Å². The van der Waals surface area contributed by atoms with Crippen LogP contribution in [-0.4, -0.2) is 73.4 Å². The van der Waals surface area contributed by atoms with Gasteiger partial charge in [-0.2, -0.15) is 0 Å². The molecule has 0 radical (unpaired) electrons. The van der Waals surface area contributed by atoms with Gasteiger partial charge in [0.25, 0.3) is 0 Å². The van der Waals surface area contributed by atoms with Crippen LogP contribution in [0.1, 0.15) is 290 Å². The Kier molecular flexibility index (Phi) is 58.1. The standard InChI is InChI=1S/C70H127N2O6P/c1-6-8-10-12-14-16-18-20-22-24-26-27-28-29-30-31-32-33-34-35-36-37-38-39-40-41-42-43-44-45-46-48-50-52-54-56-58-60-62-64-70(74)71-68(67-78-79(75,76)77-66-65-72(3,4)5)69(73)63-61-59-57-55-53-51-49-47-25-23-21-19-17-15-13-11-9-7-2/h8,10,14,16,20,22,25-27,29-30,47,53,55,61,63,68-69,73H,6-7,9,11-13,15,17-19,21,23-24,28,31-46,48-52,54,56-60,62,64-67H2,1-5H3,(H-,71,74,75,76)/p+1/b10-8-,16-14-,22-20-,27-26-,30-29-,47-25+,55-53+,63-61+. The highest BCUT2D eigenvalue weighted by molar-refractivity contribution is 7.47. The van der Waals surface area contributed by atoms with Crippen molar-refractivity contribution in [2.75, 3.05) is 40.9 Å². The molecule has 3 atom stereocenters. The van der Waals surface area contributed by atoms with Crippen molar-refractivity contribution in [3.63, 3.8) is 0 Å². The zero-order valence-electron chi connectivity index (χ0n) is 52.3. The molecule has 0 aromatic rings. The number of carbonyl (C=O) groups excluding carboxylic acids is 1. The van der Waals surface area contributed by atoms with Crippen LogP contribution < -0.4 is 5.32 Å². The minimum Gasteiger partial charge on any atom is -0.387 e. The lowest BCUT2D eigenvalue weighted by Crippen LogP contribution is -2.45. The number of allylic oxidation sites excluding steroid dienone is 15. The minimum atomic E-state index is -4.36. The molecule has 0 aromatic carbocycles. The Morgan fingerprint density at radius 2 is 0.772 bits per heavy atom. The fourth-order valence-corrected chi connectivity index (χ4v) is 10.1. The van der Waals surface area contributed by atoms with Gasteiger partial charge in [-0.05, 0) is 89.9 Å². The average Bonchev–Trinajstić information content (AvgIpc) is 3.42. The fourth-order valence-electron chi connectivity index (χ4n) is 9.40. The molecule has 8 nitrogen and oxygen atoms in total. The van der Waals surface area contributed by atoms with Gasteiger partial charge in [0.15, 0.2) is 0 Å². The summed E-state index contributed by atoms with van der Waals surface area (Å²) in [5, 5.41) is 13.9. The third-order valence-corrected chi connectivity index (χ3v) is 15.5. The number of amides is 1. The lowest BCUT2D eigenvalue weighted by Gasteiger charge is -2.25. The van der Waals surface area contributed by atoms with Gasteiger partial charge in [-0.3, -0.25) is 13.8 Å². The molecule has 458 valence electrons. The number of phosphoric ester groups is 1. The van der Waals surface area contributed by atoms with Crippen LogP contribution in [0.25, 0.3) is 0 Å². The Morgan fingerprint density at radius 3 is 1.16 bits per heavy atom. The molecule has 0 spiro atoms. The number of aliphatic hydroxyl groups is 1. The van der Waals surface area contributed by atoms with E-state index >= 15 is 0 Å². The number of nitrogens with zero attached hydrogens (tertiary/aromatic N) is 1. The van der Waals surface area contributed by atoms with E-state index in [0.717, 1.165) is 77.0 Å². The van der Waals surface area contributed by atoms with Crippen molar-refractivity contribution in [2.45, 2.75) is 302 Å². The van der Waals surface area contributed by atoms with E-state index in [1.54, 1.807) is 6.08 Å². The maximum Gasteiger partial charge on any atom is 0.472 e. The average molecular weight is 1120 g/mol. The molecule has 9 heteroatoms. The Hall–Kier alpha value is -2.58. The summed E-state index contributed by atoms with van der Waals surface area (Å²) in [5.74, 6) is -0.189. The van der Waals surface area contributed by atoms with Crippen molar-refractivity contribution in [2.24, 2.45) is 0 Å². The van der Waals surface area contributed by atoms with Crippen LogP contribution in [0.4, 0.5) is 0 Å². The number of phosphoric acid groups is 1. The lowest BCUT2D eigenvalue weighted by atomic mass is 10.0. The van der Waals surface area contributed by atoms with E-state index in [4.69, 9.17) is 9.05 Å². The summed E-state index contributed by atoms with van der Waals surface area (Å²) in [4.78, 5) is 23.3. The van der Waals surface area contributed by atoms with Crippen molar-refractivity contribution in [3.05, 3.63) is 97.2 Å². The molecule has 3 unspecified atom stereocenters. The summed E-state index contributed by atoms with van der Waals surface area (Å²) in [5.41, 5.74) is 0. The number of carbonyl (C=O) groups is 1.